The summed E-state index contributed by atoms with van der Waals surface area (Å²) in [6, 6.07) is 36.0. The molecule has 1 aliphatic heterocycles. The fraction of sp³-hybridized carbons (Fsp3) is 0. The zero-order chi connectivity index (χ0) is 20.1. The quantitative estimate of drug-likeness (QED) is 0.310. The van der Waals surface area contributed by atoms with Gasteiger partial charge in [0.25, 0.3) is 0 Å². The zero-order valence-electron chi connectivity index (χ0n) is 16.1. The maximum atomic E-state index is 14.5. The lowest BCUT2D eigenvalue weighted by Gasteiger charge is -2.21. The molecule has 1 aromatic heterocycles. The summed E-state index contributed by atoms with van der Waals surface area (Å²) < 4.78 is 21.6. The van der Waals surface area contributed by atoms with Gasteiger partial charge in [0.15, 0.2) is 5.82 Å². The third-order valence-electron chi connectivity index (χ3n) is 5.60. The Hall–Kier alpha value is -3.63. The number of rotatable bonds is 2. The second kappa shape index (κ2) is 6.44. The van der Waals surface area contributed by atoms with Crippen LogP contribution in [0.5, 0.6) is 0 Å². The Morgan fingerprint density at radius 3 is 2.10 bits per heavy atom. The van der Waals surface area contributed by atoms with E-state index in [0.29, 0.717) is 0 Å². The standard InChI is InChI=1S/C26H18N2OS/c29-30(20-13-5-2-6-14-20)24-18-10-8-16-22(24)25-21-15-7-9-17-23(21)28(26(25)27-30)19-11-3-1-4-12-19/h1-18H. The summed E-state index contributed by atoms with van der Waals surface area (Å²) in [6.45, 7) is 0. The lowest BCUT2D eigenvalue weighted by Crippen LogP contribution is -2.08. The Labute approximate surface area is 175 Å². The fourth-order valence-corrected chi connectivity index (χ4v) is 6.42. The fourth-order valence-electron chi connectivity index (χ4n) is 4.29. The Morgan fingerprint density at radius 1 is 0.667 bits per heavy atom. The van der Waals surface area contributed by atoms with Crippen LogP contribution >= 0.6 is 0 Å². The van der Waals surface area contributed by atoms with Gasteiger partial charge in [-0.15, -0.1) is 0 Å². The number of para-hydroxylation sites is 2. The first kappa shape index (κ1) is 17.2. The molecule has 4 aromatic carbocycles. The first-order valence-corrected chi connectivity index (χ1v) is 11.4. The molecule has 0 spiro atoms. The Bertz CT molecular complexity index is 1490. The minimum absolute atomic E-state index is 0.730. The predicted molar refractivity (Wildman–Crippen MR) is 122 cm³/mol. The van der Waals surface area contributed by atoms with Crippen LogP contribution in [0.3, 0.4) is 0 Å². The van der Waals surface area contributed by atoms with E-state index in [-0.39, 0.29) is 0 Å². The van der Waals surface area contributed by atoms with Gasteiger partial charge in [0.05, 0.1) is 15.3 Å². The molecular weight excluding hydrogens is 388 g/mol. The van der Waals surface area contributed by atoms with E-state index in [2.05, 4.69) is 34.9 Å². The van der Waals surface area contributed by atoms with Crippen LogP contribution in [0, 0.1) is 0 Å². The summed E-state index contributed by atoms with van der Waals surface area (Å²) in [5.74, 6) is 0.745. The second-order valence-corrected chi connectivity index (χ2v) is 9.46. The molecule has 1 aliphatic rings. The second-order valence-electron chi connectivity index (χ2n) is 7.31. The van der Waals surface area contributed by atoms with Crippen LogP contribution in [0.1, 0.15) is 0 Å². The summed E-state index contributed by atoms with van der Waals surface area (Å²) in [5, 5.41) is 1.11. The smallest absolute Gasteiger partial charge is 0.156 e. The van der Waals surface area contributed by atoms with Gasteiger partial charge in [-0.3, -0.25) is 4.57 Å². The van der Waals surface area contributed by atoms with E-state index < -0.39 is 9.73 Å². The molecule has 4 heteroatoms. The molecule has 0 amide bonds. The highest BCUT2D eigenvalue weighted by Crippen LogP contribution is 2.49. The van der Waals surface area contributed by atoms with Crippen molar-refractivity contribution in [1.29, 1.82) is 0 Å². The van der Waals surface area contributed by atoms with Crippen LogP contribution in [-0.2, 0) is 9.73 Å². The van der Waals surface area contributed by atoms with Gasteiger partial charge in [-0.25, -0.2) is 4.21 Å². The molecular formula is C26H18N2OS. The van der Waals surface area contributed by atoms with E-state index in [1.807, 2.05) is 78.9 Å². The van der Waals surface area contributed by atoms with Crippen molar-refractivity contribution in [2.75, 3.05) is 0 Å². The molecule has 2 heterocycles. The summed E-state index contributed by atoms with van der Waals surface area (Å²) in [5.41, 5.74) is 4.10. The molecule has 5 aromatic rings. The molecule has 0 saturated heterocycles. The van der Waals surface area contributed by atoms with E-state index in [1.165, 1.54) is 0 Å². The van der Waals surface area contributed by atoms with Crippen molar-refractivity contribution < 1.29 is 4.21 Å². The molecule has 0 aliphatic carbocycles. The molecule has 144 valence electrons. The van der Waals surface area contributed by atoms with E-state index in [9.17, 15) is 4.21 Å². The van der Waals surface area contributed by atoms with Crippen molar-refractivity contribution in [2.45, 2.75) is 9.79 Å². The van der Waals surface area contributed by atoms with Crippen molar-refractivity contribution in [3.8, 4) is 16.8 Å². The van der Waals surface area contributed by atoms with Crippen LogP contribution in [0.15, 0.2) is 123 Å². The van der Waals surface area contributed by atoms with Crippen LogP contribution in [0.25, 0.3) is 27.7 Å². The normalized spacial score (nSPS) is 17.2. The van der Waals surface area contributed by atoms with Gasteiger partial charge in [-0.1, -0.05) is 72.8 Å². The van der Waals surface area contributed by atoms with E-state index >= 15 is 0 Å². The van der Waals surface area contributed by atoms with E-state index in [0.717, 1.165) is 43.3 Å². The molecule has 1 unspecified atom stereocenters. The lowest BCUT2D eigenvalue weighted by molar-refractivity contribution is 0.676. The highest BCUT2D eigenvalue weighted by molar-refractivity contribution is 7.94. The number of benzene rings is 4. The number of hydrogen-bond acceptors (Lipinski definition) is 2. The minimum atomic E-state index is -2.82. The molecule has 0 radical (unpaired) electrons. The van der Waals surface area contributed by atoms with Crippen LogP contribution in [0.2, 0.25) is 0 Å². The van der Waals surface area contributed by atoms with Crippen molar-refractivity contribution in [3.63, 3.8) is 0 Å². The third kappa shape index (κ3) is 2.34. The Kier molecular flexibility index (Phi) is 3.70. The number of aromatic nitrogens is 1. The van der Waals surface area contributed by atoms with Gasteiger partial charge >= 0.3 is 0 Å². The Balaban J connectivity index is 1.83. The SMILES string of the molecule is O=S1(c2ccccc2)=Nc2c(c3ccccc3n2-c2ccccc2)-c2ccccc21. The molecule has 3 nitrogen and oxygen atoms in total. The molecule has 0 saturated carbocycles. The highest BCUT2D eigenvalue weighted by atomic mass is 32.2. The first-order chi connectivity index (χ1) is 14.8. The molecule has 0 bridgehead atoms. The first-order valence-electron chi connectivity index (χ1n) is 9.88. The van der Waals surface area contributed by atoms with Crippen molar-refractivity contribution in [3.05, 3.63) is 109 Å². The van der Waals surface area contributed by atoms with Gasteiger partial charge < -0.3 is 0 Å². The van der Waals surface area contributed by atoms with Crippen LogP contribution in [-0.4, -0.2) is 8.78 Å². The monoisotopic (exact) mass is 406 g/mol. The largest absolute Gasteiger partial charge is 0.293 e. The van der Waals surface area contributed by atoms with Crippen molar-refractivity contribution in [2.24, 2.45) is 4.36 Å². The van der Waals surface area contributed by atoms with Gasteiger partial charge in [0.1, 0.15) is 9.73 Å². The number of hydrogen-bond donors (Lipinski definition) is 0. The average Bonchev–Trinajstić information content (AvgIpc) is 3.14. The van der Waals surface area contributed by atoms with Gasteiger partial charge in [0.2, 0.25) is 0 Å². The van der Waals surface area contributed by atoms with Gasteiger partial charge in [-0.05, 0) is 36.4 Å². The van der Waals surface area contributed by atoms with E-state index in [1.54, 1.807) is 0 Å². The van der Waals surface area contributed by atoms with Crippen LogP contribution in [0.4, 0.5) is 5.82 Å². The zero-order valence-corrected chi connectivity index (χ0v) is 16.9. The summed E-state index contributed by atoms with van der Waals surface area (Å²) in [6.07, 6.45) is 0. The van der Waals surface area contributed by atoms with Crippen molar-refractivity contribution >= 4 is 26.4 Å². The maximum Gasteiger partial charge on any atom is 0.156 e. The molecule has 6 rings (SSSR count). The number of fused-ring (bicyclic) bond motifs is 5. The average molecular weight is 407 g/mol. The molecule has 30 heavy (non-hydrogen) atoms. The topological polar surface area (TPSA) is 34.4 Å². The van der Waals surface area contributed by atoms with E-state index in [4.69, 9.17) is 4.36 Å². The molecule has 0 fully saturated rings. The summed E-state index contributed by atoms with van der Waals surface area (Å²) in [4.78, 5) is 1.51. The van der Waals surface area contributed by atoms with Gasteiger partial charge in [-0.2, -0.15) is 4.36 Å². The lowest BCUT2D eigenvalue weighted by atomic mass is 10.0. The third-order valence-corrected chi connectivity index (χ3v) is 7.89. The Morgan fingerprint density at radius 2 is 1.30 bits per heavy atom. The highest BCUT2D eigenvalue weighted by Gasteiger charge is 2.31. The summed E-state index contributed by atoms with van der Waals surface area (Å²) >= 11 is 0. The molecule has 1 atom stereocenters. The minimum Gasteiger partial charge on any atom is -0.293 e. The molecule has 0 N–H and O–H groups in total. The van der Waals surface area contributed by atoms with Crippen LogP contribution < -0.4 is 0 Å². The maximum absolute atomic E-state index is 14.5. The van der Waals surface area contributed by atoms with Gasteiger partial charge in [0, 0.05) is 22.2 Å². The number of nitrogens with zero attached hydrogens (tertiary/aromatic N) is 2. The summed E-state index contributed by atoms with van der Waals surface area (Å²) in [7, 11) is -2.82. The van der Waals surface area contributed by atoms with Crippen molar-refractivity contribution in [1.82, 2.24) is 4.57 Å². The predicted octanol–water partition coefficient (Wildman–Crippen LogP) is 6.83.